The zero-order chi connectivity index (χ0) is 15.5. The molecule has 7 heteroatoms. The third kappa shape index (κ3) is 2.93. The highest BCUT2D eigenvalue weighted by atomic mass is 35.5. The zero-order valence-electron chi connectivity index (χ0n) is 12.0. The van der Waals surface area contributed by atoms with Gasteiger partial charge in [0.1, 0.15) is 5.76 Å². The van der Waals surface area contributed by atoms with E-state index in [1.54, 1.807) is 23.1 Å². The smallest absolute Gasteiger partial charge is 0.289 e. The Bertz CT molecular complexity index is 680. The summed E-state index contributed by atoms with van der Waals surface area (Å²) in [5.41, 5.74) is 0.634. The second kappa shape index (κ2) is 6.37. The van der Waals surface area contributed by atoms with Crippen LogP contribution in [-0.2, 0) is 4.74 Å². The van der Waals surface area contributed by atoms with E-state index in [1.807, 2.05) is 0 Å². The van der Waals surface area contributed by atoms with Gasteiger partial charge in [-0.1, -0.05) is 11.6 Å². The number of ether oxygens (including phenoxy) is 2. The minimum Gasteiger partial charge on any atom is -0.481 e. The van der Waals surface area contributed by atoms with Crippen LogP contribution in [0.5, 0.6) is 5.88 Å². The third-order valence-corrected chi connectivity index (χ3v) is 3.72. The van der Waals surface area contributed by atoms with Gasteiger partial charge in [0, 0.05) is 24.7 Å². The minimum atomic E-state index is -0.147. The number of amides is 1. The van der Waals surface area contributed by atoms with Crippen molar-refractivity contribution in [3.8, 4) is 17.2 Å². The second-order valence-corrected chi connectivity index (χ2v) is 5.18. The van der Waals surface area contributed by atoms with Crippen LogP contribution in [0.15, 0.2) is 28.8 Å². The van der Waals surface area contributed by atoms with Crippen LogP contribution in [0.2, 0.25) is 5.02 Å². The number of halogens is 1. The van der Waals surface area contributed by atoms with Gasteiger partial charge in [-0.05, 0) is 12.1 Å². The lowest BCUT2D eigenvalue weighted by atomic mass is 10.2. The van der Waals surface area contributed by atoms with E-state index in [9.17, 15) is 4.79 Å². The average molecular weight is 323 g/mol. The highest BCUT2D eigenvalue weighted by molar-refractivity contribution is 6.33. The zero-order valence-corrected chi connectivity index (χ0v) is 12.8. The van der Waals surface area contributed by atoms with Crippen LogP contribution in [0.3, 0.4) is 0 Å². The number of aromatic nitrogens is 1. The van der Waals surface area contributed by atoms with Crippen molar-refractivity contribution in [1.29, 1.82) is 0 Å². The quantitative estimate of drug-likeness (QED) is 0.868. The standard InChI is InChI=1S/C15H15ClN2O4/c1-20-14-8-10(11(16)9-17-14)12-2-3-13(22-12)15(19)18-4-6-21-7-5-18/h2-3,8-9H,4-7H2,1H3. The summed E-state index contributed by atoms with van der Waals surface area (Å²) in [5.74, 6) is 1.06. The number of carbonyl (C=O) groups is 1. The van der Waals surface area contributed by atoms with Crippen LogP contribution in [0, 0.1) is 0 Å². The summed E-state index contributed by atoms with van der Waals surface area (Å²) in [6.07, 6.45) is 1.49. The molecule has 0 unspecified atom stereocenters. The van der Waals surface area contributed by atoms with Crippen molar-refractivity contribution in [2.24, 2.45) is 0 Å². The Morgan fingerprint density at radius 3 is 2.86 bits per heavy atom. The minimum absolute atomic E-state index is 0.147. The van der Waals surface area contributed by atoms with Gasteiger partial charge in [0.15, 0.2) is 5.76 Å². The number of methoxy groups -OCH3 is 1. The first-order valence-corrected chi connectivity index (χ1v) is 7.23. The van der Waals surface area contributed by atoms with Crippen LogP contribution in [0.1, 0.15) is 10.6 Å². The maximum atomic E-state index is 12.4. The first-order valence-electron chi connectivity index (χ1n) is 6.86. The number of rotatable bonds is 3. The van der Waals surface area contributed by atoms with Crippen LogP contribution in [0.25, 0.3) is 11.3 Å². The van der Waals surface area contributed by atoms with Crippen molar-refractivity contribution in [1.82, 2.24) is 9.88 Å². The molecule has 1 saturated heterocycles. The highest BCUT2D eigenvalue weighted by Crippen LogP contribution is 2.31. The highest BCUT2D eigenvalue weighted by Gasteiger charge is 2.22. The summed E-state index contributed by atoms with van der Waals surface area (Å²) in [7, 11) is 1.52. The van der Waals surface area contributed by atoms with E-state index < -0.39 is 0 Å². The van der Waals surface area contributed by atoms with Crippen LogP contribution < -0.4 is 4.74 Å². The number of hydrogen-bond acceptors (Lipinski definition) is 5. The summed E-state index contributed by atoms with van der Waals surface area (Å²) in [4.78, 5) is 18.1. The van der Waals surface area contributed by atoms with E-state index in [0.29, 0.717) is 48.5 Å². The molecule has 1 aliphatic heterocycles. The summed E-state index contributed by atoms with van der Waals surface area (Å²) in [6, 6.07) is 5.04. The predicted molar refractivity (Wildman–Crippen MR) is 80.2 cm³/mol. The SMILES string of the molecule is COc1cc(-c2ccc(C(=O)N3CCOCC3)o2)c(Cl)cn1. The van der Waals surface area contributed by atoms with Gasteiger partial charge >= 0.3 is 0 Å². The summed E-state index contributed by atoms with van der Waals surface area (Å²) in [6.45, 7) is 2.23. The molecule has 0 aromatic carbocycles. The fourth-order valence-electron chi connectivity index (χ4n) is 2.24. The molecule has 6 nitrogen and oxygen atoms in total. The van der Waals surface area contributed by atoms with Crippen molar-refractivity contribution in [3.05, 3.63) is 35.2 Å². The lowest BCUT2D eigenvalue weighted by Gasteiger charge is -2.25. The number of carbonyl (C=O) groups excluding carboxylic acids is 1. The van der Waals surface area contributed by atoms with Crippen LogP contribution >= 0.6 is 11.6 Å². The molecule has 22 heavy (non-hydrogen) atoms. The molecule has 0 aliphatic carbocycles. The molecule has 0 saturated carbocycles. The van der Waals surface area contributed by atoms with E-state index in [4.69, 9.17) is 25.5 Å². The maximum absolute atomic E-state index is 12.4. The summed E-state index contributed by atoms with van der Waals surface area (Å²) in [5, 5.41) is 0.431. The molecule has 116 valence electrons. The number of furan rings is 1. The van der Waals surface area contributed by atoms with Gasteiger partial charge in [-0.25, -0.2) is 4.98 Å². The van der Waals surface area contributed by atoms with E-state index in [-0.39, 0.29) is 11.7 Å². The molecule has 0 N–H and O–H groups in total. The largest absolute Gasteiger partial charge is 0.481 e. The first-order chi connectivity index (χ1) is 10.7. The maximum Gasteiger partial charge on any atom is 0.289 e. The van der Waals surface area contributed by atoms with Crippen molar-refractivity contribution < 1.29 is 18.7 Å². The van der Waals surface area contributed by atoms with Gasteiger partial charge in [0.2, 0.25) is 5.88 Å². The van der Waals surface area contributed by atoms with E-state index >= 15 is 0 Å². The molecule has 0 atom stereocenters. The Balaban J connectivity index is 1.85. The predicted octanol–water partition coefficient (Wildman–Crippen LogP) is 2.48. The molecule has 1 fully saturated rings. The topological polar surface area (TPSA) is 64.8 Å². The van der Waals surface area contributed by atoms with Crippen molar-refractivity contribution in [3.63, 3.8) is 0 Å². The first kappa shape index (κ1) is 14.9. The Labute approximate surface area is 132 Å². The Morgan fingerprint density at radius 1 is 1.36 bits per heavy atom. The van der Waals surface area contributed by atoms with Gasteiger partial charge in [-0.15, -0.1) is 0 Å². The number of nitrogens with zero attached hydrogens (tertiary/aromatic N) is 2. The van der Waals surface area contributed by atoms with Crippen molar-refractivity contribution in [2.75, 3.05) is 33.4 Å². The molecule has 2 aromatic rings. The fourth-order valence-corrected chi connectivity index (χ4v) is 2.44. The Morgan fingerprint density at radius 2 is 2.14 bits per heavy atom. The van der Waals surface area contributed by atoms with E-state index in [0.717, 1.165) is 0 Å². The molecular weight excluding hydrogens is 308 g/mol. The second-order valence-electron chi connectivity index (χ2n) is 4.77. The van der Waals surface area contributed by atoms with Gasteiger partial charge in [-0.2, -0.15) is 0 Å². The lowest BCUT2D eigenvalue weighted by molar-refractivity contribution is 0.0283. The number of morpholine rings is 1. The molecule has 3 heterocycles. The molecule has 0 bridgehead atoms. The Kier molecular flexibility index (Phi) is 4.31. The summed E-state index contributed by atoms with van der Waals surface area (Å²) >= 11 is 6.14. The molecule has 0 spiro atoms. The third-order valence-electron chi connectivity index (χ3n) is 3.42. The molecule has 2 aromatic heterocycles. The number of hydrogen-bond donors (Lipinski definition) is 0. The lowest BCUT2D eigenvalue weighted by Crippen LogP contribution is -2.40. The van der Waals surface area contributed by atoms with Gasteiger partial charge in [0.25, 0.3) is 5.91 Å². The van der Waals surface area contributed by atoms with Crippen molar-refractivity contribution >= 4 is 17.5 Å². The van der Waals surface area contributed by atoms with E-state index in [1.165, 1.54) is 13.3 Å². The van der Waals surface area contributed by atoms with Gasteiger partial charge in [-0.3, -0.25) is 4.79 Å². The molecular formula is C15H15ClN2O4. The monoisotopic (exact) mass is 322 g/mol. The van der Waals surface area contributed by atoms with Crippen molar-refractivity contribution in [2.45, 2.75) is 0 Å². The molecule has 1 amide bonds. The fraction of sp³-hybridized carbons (Fsp3) is 0.333. The van der Waals surface area contributed by atoms with E-state index in [2.05, 4.69) is 4.98 Å². The summed E-state index contributed by atoms with van der Waals surface area (Å²) < 4.78 is 16.0. The molecule has 0 radical (unpaired) electrons. The molecule has 3 rings (SSSR count). The average Bonchev–Trinajstić information content (AvgIpc) is 3.05. The molecule has 1 aliphatic rings. The van der Waals surface area contributed by atoms with Gasteiger partial charge in [0.05, 0.1) is 31.5 Å². The Hall–Kier alpha value is -2.05. The van der Waals surface area contributed by atoms with Gasteiger partial charge < -0.3 is 18.8 Å². The number of pyridine rings is 1. The van der Waals surface area contributed by atoms with Crippen LogP contribution in [-0.4, -0.2) is 49.2 Å². The van der Waals surface area contributed by atoms with Crippen LogP contribution in [0.4, 0.5) is 0 Å². The normalized spacial score (nSPS) is 14.9.